The third kappa shape index (κ3) is 5.78. The monoisotopic (exact) mass is 562 g/mol. The van der Waals surface area contributed by atoms with Crippen molar-refractivity contribution in [1.29, 1.82) is 5.41 Å². The summed E-state index contributed by atoms with van der Waals surface area (Å²) >= 11 is 4.56. The van der Waals surface area contributed by atoms with E-state index < -0.39 is 15.8 Å². The van der Waals surface area contributed by atoms with E-state index in [2.05, 4.69) is 45.3 Å². The Balaban J connectivity index is 2.12. The highest BCUT2D eigenvalue weighted by atomic mass is 79.9. The zero-order chi connectivity index (χ0) is 25.0. The van der Waals surface area contributed by atoms with Crippen molar-refractivity contribution in [2.45, 2.75) is 24.7 Å². The number of methoxy groups -OCH3 is 1. The summed E-state index contributed by atoms with van der Waals surface area (Å²) in [7, 11) is -2.18. The normalized spacial score (nSPS) is 12.3. The average Bonchev–Trinajstić information content (AvgIpc) is 3.30. The van der Waals surface area contributed by atoms with Crippen molar-refractivity contribution < 1.29 is 17.9 Å². The fraction of sp³-hybridized carbons (Fsp3) is 0.217. The van der Waals surface area contributed by atoms with Gasteiger partial charge in [-0.3, -0.25) is 5.41 Å². The lowest BCUT2D eigenvalue weighted by molar-refractivity contribution is -0.132. The smallest absolute Gasteiger partial charge is 0.357 e. The number of hydrogen-bond donors (Lipinski definition) is 2. The number of sulfone groups is 1. The van der Waals surface area contributed by atoms with Crippen molar-refractivity contribution in [1.82, 2.24) is 10.2 Å². The van der Waals surface area contributed by atoms with Gasteiger partial charge in [0, 0.05) is 17.5 Å². The van der Waals surface area contributed by atoms with Crippen LogP contribution in [0.4, 0.5) is 5.69 Å². The van der Waals surface area contributed by atoms with Crippen molar-refractivity contribution in [2.75, 3.05) is 18.7 Å². The predicted molar refractivity (Wildman–Crippen MR) is 138 cm³/mol. The van der Waals surface area contributed by atoms with Crippen LogP contribution in [0.2, 0.25) is 0 Å². The summed E-state index contributed by atoms with van der Waals surface area (Å²) in [4.78, 5) is 12.2. The molecule has 0 unspecified atom stereocenters. The van der Waals surface area contributed by atoms with Crippen LogP contribution in [0.3, 0.4) is 0 Å². The van der Waals surface area contributed by atoms with Gasteiger partial charge in [0.1, 0.15) is 5.01 Å². The van der Waals surface area contributed by atoms with Crippen LogP contribution < -0.4 is 5.32 Å². The zero-order valence-electron chi connectivity index (χ0n) is 18.9. The van der Waals surface area contributed by atoms with Gasteiger partial charge in [-0.15, -0.1) is 10.2 Å². The lowest BCUT2D eigenvalue weighted by Gasteiger charge is -2.17. The molecule has 0 aliphatic rings. The first-order valence-corrected chi connectivity index (χ1v) is 13.6. The zero-order valence-corrected chi connectivity index (χ0v) is 22.1. The summed E-state index contributed by atoms with van der Waals surface area (Å²) in [5.41, 5.74) is 2.40. The van der Waals surface area contributed by atoms with Crippen molar-refractivity contribution in [2.24, 2.45) is 0 Å². The van der Waals surface area contributed by atoms with E-state index in [0.29, 0.717) is 21.3 Å². The quantitative estimate of drug-likeness (QED) is 0.289. The Morgan fingerprint density at radius 3 is 2.50 bits per heavy atom. The second-order valence-corrected chi connectivity index (χ2v) is 11.4. The number of esters is 1. The fourth-order valence-electron chi connectivity index (χ4n) is 3.07. The SMILES string of the molecule is COC(=O)C(=N)/C(Br)=C(\Nc1ccccc1C(C)C)c1nnc(-c2cccc(S(C)(=O)=O)c2)s1. The third-order valence-corrected chi connectivity index (χ3v) is 7.71. The van der Waals surface area contributed by atoms with Crippen LogP contribution in [0.5, 0.6) is 0 Å². The third-order valence-electron chi connectivity index (χ3n) is 4.82. The fourth-order valence-corrected chi connectivity index (χ4v) is 5.16. The molecule has 0 bridgehead atoms. The van der Waals surface area contributed by atoms with E-state index in [-0.39, 0.29) is 21.0 Å². The molecule has 0 atom stereocenters. The maximum atomic E-state index is 12.0. The maximum absolute atomic E-state index is 12.0. The van der Waals surface area contributed by atoms with Crippen LogP contribution in [0, 0.1) is 5.41 Å². The van der Waals surface area contributed by atoms with Gasteiger partial charge < -0.3 is 10.1 Å². The Bertz CT molecular complexity index is 1380. The number of aromatic nitrogens is 2. The van der Waals surface area contributed by atoms with Gasteiger partial charge in [0.2, 0.25) is 0 Å². The van der Waals surface area contributed by atoms with Gasteiger partial charge in [-0.2, -0.15) is 0 Å². The molecular formula is C23H23BrN4O4S2. The summed E-state index contributed by atoms with van der Waals surface area (Å²) in [6.07, 6.45) is 1.14. The molecular weight excluding hydrogens is 540 g/mol. The molecule has 34 heavy (non-hydrogen) atoms. The molecule has 1 aromatic heterocycles. The molecule has 0 radical (unpaired) electrons. The summed E-state index contributed by atoms with van der Waals surface area (Å²) in [5.74, 6) is -0.596. The molecule has 11 heteroatoms. The van der Waals surface area contributed by atoms with Crippen LogP contribution in [0.25, 0.3) is 16.3 Å². The first kappa shape index (κ1) is 25.7. The van der Waals surface area contributed by atoms with E-state index in [1.165, 1.54) is 30.6 Å². The summed E-state index contributed by atoms with van der Waals surface area (Å²) in [6.45, 7) is 4.13. The molecule has 0 aliphatic carbocycles. The van der Waals surface area contributed by atoms with E-state index >= 15 is 0 Å². The standard InChI is InChI=1S/C23H23BrN4O4S2/c1-13(2)16-10-5-6-11-17(16)26-20(18(24)19(25)23(29)32-3)22-28-27-21(33-22)14-8-7-9-15(12-14)34(4,30)31/h5-13,25-26H,1-4H3/b20-18+,25-19?. The number of ether oxygens (including phenoxy) is 1. The van der Waals surface area contributed by atoms with Crippen molar-refractivity contribution in [3.8, 4) is 10.6 Å². The van der Waals surface area contributed by atoms with E-state index in [9.17, 15) is 13.2 Å². The van der Waals surface area contributed by atoms with Crippen molar-refractivity contribution in [3.05, 3.63) is 63.6 Å². The molecule has 0 saturated carbocycles. The number of nitrogens with one attached hydrogen (secondary N) is 2. The second kappa shape index (κ2) is 10.6. The average molecular weight is 563 g/mol. The van der Waals surface area contributed by atoms with Gasteiger partial charge in [-0.1, -0.05) is 55.5 Å². The van der Waals surface area contributed by atoms with Gasteiger partial charge >= 0.3 is 5.97 Å². The molecule has 178 valence electrons. The largest absolute Gasteiger partial charge is 0.464 e. The molecule has 0 aliphatic heterocycles. The molecule has 2 aromatic carbocycles. The van der Waals surface area contributed by atoms with Crippen LogP contribution >= 0.6 is 27.3 Å². The van der Waals surface area contributed by atoms with Crippen molar-refractivity contribution >= 4 is 60.2 Å². The molecule has 0 saturated heterocycles. The topological polar surface area (TPSA) is 122 Å². The van der Waals surface area contributed by atoms with Gasteiger partial charge in [0.25, 0.3) is 0 Å². The number of benzene rings is 2. The van der Waals surface area contributed by atoms with E-state index in [1.807, 2.05) is 24.3 Å². The molecule has 3 rings (SSSR count). The lowest BCUT2D eigenvalue weighted by atomic mass is 10.0. The number of rotatable bonds is 8. The van der Waals surface area contributed by atoms with Crippen LogP contribution in [-0.4, -0.2) is 43.7 Å². The number of hydrogen-bond acceptors (Lipinski definition) is 9. The van der Waals surface area contributed by atoms with Crippen LogP contribution in [0.15, 0.2) is 57.9 Å². The highest BCUT2D eigenvalue weighted by molar-refractivity contribution is 9.12. The van der Waals surface area contributed by atoms with E-state index in [0.717, 1.165) is 17.5 Å². The molecule has 2 N–H and O–H groups in total. The molecule has 0 fully saturated rings. The van der Waals surface area contributed by atoms with Gasteiger partial charge in [0.05, 0.1) is 22.2 Å². The molecule has 3 aromatic rings. The Morgan fingerprint density at radius 2 is 1.85 bits per heavy atom. The minimum Gasteiger partial charge on any atom is -0.464 e. The Kier molecular flexibility index (Phi) is 8.01. The number of carbonyl (C=O) groups is 1. The molecule has 8 nitrogen and oxygen atoms in total. The summed E-state index contributed by atoms with van der Waals surface area (Å²) in [5, 5.41) is 20.9. The molecule has 0 spiro atoms. The number of nitrogens with zero attached hydrogens (tertiary/aromatic N) is 2. The first-order valence-electron chi connectivity index (χ1n) is 10.1. The Hall–Kier alpha value is -2.89. The highest BCUT2D eigenvalue weighted by Gasteiger charge is 2.23. The minimum absolute atomic E-state index is 0.158. The van der Waals surface area contributed by atoms with Crippen LogP contribution in [0.1, 0.15) is 30.3 Å². The van der Waals surface area contributed by atoms with Gasteiger partial charge in [-0.05, 0) is 45.6 Å². The van der Waals surface area contributed by atoms with E-state index in [4.69, 9.17) is 10.1 Å². The van der Waals surface area contributed by atoms with Crippen LogP contribution in [-0.2, 0) is 19.4 Å². The number of carbonyl (C=O) groups excluding carboxylic acids is 1. The molecule has 1 heterocycles. The number of anilines is 1. The minimum atomic E-state index is -3.39. The number of halogens is 1. The maximum Gasteiger partial charge on any atom is 0.357 e. The second-order valence-electron chi connectivity index (χ2n) is 7.63. The summed E-state index contributed by atoms with van der Waals surface area (Å²) in [6, 6.07) is 14.2. The Morgan fingerprint density at radius 1 is 1.15 bits per heavy atom. The van der Waals surface area contributed by atoms with E-state index in [1.54, 1.807) is 12.1 Å². The summed E-state index contributed by atoms with van der Waals surface area (Å²) < 4.78 is 28.8. The van der Waals surface area contributed by atoms with Crippen molar-refractivity contribution in [3.63, 3.8) is 0 Å². The highest BCUT2D eigenvalue weighted by Crippen LogP contribution is 2.34. The number of para-hydroxylation sites is 1. The first-order chi connectivity index (χ1) is 16.0. The van der Waals surface area contributed by atoms with Gasteiger partial charge in [0.15, 0.2) is 20.6 Å². The molecule has 0 amide bonds. The lowest BCUT2D eigenvalue weighted by Crippen LogP contribution is -2.17. The van der Waals surface area contributed by atoms with Gasteiger partial charge in [-0.25, -0.2) is 13.2 Å². The predicted octanol–water partition coefficient (Wildman–Crippen LogP) is 5.10. The Labute approximate surface area is 210 Å².